The molecule has 2 aromatic rings. The van der Waals surface area contributed by atoms with Crippen LogP contribution in [0.5, 0.6) is 0 Å². The van der Waals surface area contributed by atoms with Crippen LogP contribution < -0.4 is 5.32 Å². The van der Waals surface area contributed by atoms with Gasteiger partial charge in [0.15, 0.2) is 0 Å². The molecule has 0 saturated heterocycles. The molecule has 106 valence electrons. The van der Waals surface area contributed by atoms with Crippen molar-refractivity contribution in [1.82, 2.24) is 4.98 Å². The van der Waals surface area contributed by atoms with Gasteiger partial charge >= 0.3 is 5.97 Å². The Hall–Kier alpha value is -2.95. The Morgan fingerprint density at radius 1 is 1.24 bits per heavy atom. The van der Waals surface area contributed by atoms with Crippen LogP contribution in [0.3, 0.4) is 0 Å². The normalized spacial score (nSPS) is 10.5. The van der Waals surface area contributed by atoms with Crippen LogP contribution in [0.4, 0.5) is 5.69 Å². The fourth-order valence-corrected chi connectivity index (χ4v) is 1.77. The van der Waals surface area contributed by atoms with Gasteiger partial charge in [-0.25, -0.2) is 4.79 Å². The minimum Gasteiger partial charge on any atom is -0.478 e. The van der Waals surface area contributed by atoms with Crippen molar-refractivity contribution in [3.63, 3.8) is 0 Å². The molecule has 0 aliphatic rings. The number of anilines is 1. The quantitative estimate of drug-likeness (QED) is 0.845. The third-order valence-electron chi connectivity index (χ3n) is 2.70. The first kappa shape index (κ1) is 14.5. The Morgan fingerprint density at radius 3 is 2.76 bits per heavy atom. The number of rotatable bonds is 4. The number of aryl methyl sites for hydroxylation is 1. The van der Waals surface area contributed by atoms with Gasteiger partial charge in [0.1, 0.15) is 0 Å². The fraction of sp³-hybridized carbons (Fsp3) is 0.0625. The summed E-state index contributed by atoms with van der Waals surface area (Å²) in [6.45, 7) is 1.86. The monoisotopic (exact) mass is 282 g/mol. The fourth-order valence-electron chi connectivity index (χ4n) is 1.77. The second-order valence-corrected chi connectivity index (χ2v) is 4.50. The number of benzene rings is 1. The van der Waals surface area contributed by atoms with Crippen LogP contribution in [0.1, 0.15) is 21.5 Å². The third-order valence-corrected chi connectivity index (χ3v) is 2.70. The van der Waals surface area contributed by atoms with Crippen LogP contribution in [0.15, 0.2) is 48.8 Å². The lowest BCUT2D eigenvalue weighted by atomic mass is 10.1. The zero-order valence-electron chi connectivity index (χ0n) is 11.4. The molecule has 0 spiro atoms. The predicted octanol–water partition coefficient (Wildman–Crippen LogP) is 2.74. The van der Waals surface area contributed by atoms with Crippen molar-refractivity contribution < 1.29 is 14.7 Å². The van der Waals surface area contributed by atoms with Crippen molar-refractivity contribution in [1.29, 1.82) is 0 Å². The van der Waals surface area contributed by atoms with Gasteiger partial charge in [-0.05, 0) is 42.3 Å². The van der Waals surface area contributed by atoms with Crippen molar-refractivity contribution in [2.75, 3.05) is 5.32 Å². The van der Waals surface area contributed by atoms with Crippen molar-refractivity contribution in [2.24, 2.45) is 0 Å². The third kappa shape index (κ3) is 4.28. The standard InChI is InChI=1S/C16H14N2O3/c1-11-7-13(10-17-9-11)16(21)18-14-4-2-3-12(8-14)5-6-15(19)20/h2-10H,1H3,(H,18,21)(H,19,20). The Labute approximate surface area is 122 Å². The zero-order chi connectivity index (χ0) is 15.2. The van der Waals surface area contributed by atoms with Gasteiger partial charge in [-0.3, -0.25) is 9.78 Å². The highest BCUT2D eigenvalue weighted by Crippen LogP contribution is 2.13. The molecule has 5 nitrogen and oxygen atoms in total. The second kappa shape index (κ2) is 6.47. The number of carboxylic acid groups (broad SMARTS) is 1. The van der Waals surface area contributed by atoms with Gasteiger partial charge in [-0.1, -0.05) is 12.1 Å². The molecule has 0 unspecified atom stereocenters. The summed E-state index contributed by atoms with van der Waals surface area (Å²) in [5.74, 6) is -1.28. The van der Waals surface area contributed by atoms with Crippen LogP contribution >= 0.6 is 0 Å². The molecule has 1 aromatic heterocycles. The minimum atomic E-state index is -1.02. The lowest BCUT2D eigenvalue weighted by Crippen LogP contribution is -2.12. The van der Waals surface area contributed by atoms with E-state index in [1.165, 1.54) is 12.3 Å². The molecule has 0 fully saturated rings. The Balaban J connectivity index is 2.14. The van der Waals surface area contributed by atoms with Crippen LogP contribution in [-0.4, -0.2) is 22.0 Å². The number of aromatic nitrogens is 1. The molecule has 0 aliphatic carbocycles. The number of pyridine rings is 1. The molecule has 1 heterocycles. The predicted molar refractivity (Wildman–Crippen MR) is 80.0 cm³/mol. The summed E-state index contributed by atoms with van der Waals surface area (Å²) in [4.78, 5) is 26.5. The van der Waals surface area contributed by atoms with Crippen molar-refractivity contribution in [3.8, 4) is 0 Å². The number of carboxylic acids is 1. The number of hydrogen-bond donors (Lipinski definition) is 2. The second-order valence-electron chi connectivity index (χ2n) is 4.50. The summed E-state index contributed by atoms with van der Waals surface area (Å²) in [7, 11) is 0. The molecule has 2 N–H and O–H groups in total. The maximum Gasteiger partial charge on any atom is 0.328 e. The summed E-state index contributed by atoms with van der Waals surface area (Å²) >= 11 is 0. The number of nitrogens with one attached hydrogen (secondary N) is 1. The number of carbonyl (C=O) groups is 2. The van der Waals surface area contributed by atoms with E-state index < -0.39 is 5.97 Å². The largest absolute Gasteiger partial charge is 0.478 e. The first-order valence-electron chi connectivity index (χ1n) is 6.29. The van der Waals surface area contributed by atoms with Crippen molar-refractivity contribution >= 4 is 23.6 Å². The molecule has 0 aliphatic heterocycles. The molecule has 0 atom stereocenters. The SMILES string of the molecule is Cc1cncc(C(=O)Nc2cccc(C=CC(=O)O)c2)c1. The Bertz CT molecular complexity index is 708. The van der Waals surface area contributed by atoms with Gasteiger partial charge in [0.25, 0.3) is 5.91 Å². The van der Waals surface area contributed by atoms with Crippen molar-refractivity contribution in [3.05, 3.63) is 65.5 Å². The number of aliphatic carboxylic acids is 1. The summed E-state index contributed by atoms with van der Waals surface area (Å²) in [6, 6.07) is 8.67. The lowest BCUT2D eigenvalue weighted by molar-refractivity contribution is -0.131. The Kier molecular flexibility index (Phi) is 4.46. The number of amides is 1. The first-order chi connectivity index (χ1) is 10.0. The van der Waals surface area contributed by atoms with E-state index in [-0.39, 0.29) is 5.91 Å². The maximum atomic E-state index is 12.1. The molecular weight excluding hydrogens is 268 g/mol. The highest BCUT2D eigenvalue weighted by molar-refractivity contribution is 6.04. The average molecular weight is 282 g/mol. The summed E-state index contributed by atoms with van der Waals surface area (Å²) < 4.78 is 0. The van der Waals surface area contributed by atoms with E-state index in [0.717, 1.165) is 11.6 Å². The van der Waals surface area contributed by atoms with Gasteiger partial charge < -0.3 is 10.4 Å². The maximum absolute atomic E-state index is 12.1. The summed E-state index contributed by atoms with van der Waals surface area (Å²) in [5, 5.41) is 11.4. The molecule has 5 heteroatoms. The van der Waals surface area contributed by atoms with E-state index in [1.54, 1.807) is 36.5 Å². The van der Waals surface area contributed by atoms with E-state index in [9.17, 15) is 9.59 Å². The molecule has 0 bridgehead atoms. The zero-order valence-corrected chi connectivity index (χ0v) is 11.4. The molecule has 0 radical (unpaired) electrons. The molecular formula is C16H14N2O3. The van der Waals surface area contributed by atoms with Gasteiger partial charge in [0.2, 0.25) is 0 Å². The first-order valence-corrected chi connectivity index (χ1v) is 6.29. The molecule has 21 heavy (non-hydrogen) atoms. The summed E-state index contributed by atoms with van der Waals surface area (Å²) in [5.41, 5.74) is 2.66. The number of nitrogens with zero attached hydrogens (tertiary/aromatic N) is 1. The van der Waals surface area contributed by atoms with Crippen LogP contribution in [0.2, 0.25) is 0 Å². The van der Waals surface area contributed by atoms with Gasteiger partial charge in [-0.2, -0.15) is 0 Å². The molecule has 2 rings (SSSR count). The highest BCUT2D eigenvalue weighted by Gasteiger charge is 2.06. The van der Waals surface area contributed by atoms with Crippen LogP contribution in [-0.2, 0) is 4.79 Å². The van der Waals surface area contributed by atoms with E-state index in [4.69, 9.17) is 5.11 Å². The minimum absolute atomic E-state index is 0.259. The molecule has 0 saturated carbocycles. The molecule has 1 amide bonds. The number of carbonyl (C=O) groups excluding carboxylic acids is 1. The van der Waals surface area contributed by atoms with E-state index in [0.29, 0.717) is 16.8 Å². The van der Waals surface area contributed by atoms with E-state index >= 15 is 0 Å². The summed E-state index contributed by atoms with van der Waals surface area (Å²) in [6.07, 6.45) is 5.68. The highest BCUT2D eigenvalue weighted by atomic mass is 16.4. The van der Waals surface area contributed by atoms with E-state index in [2.05, 4.69) is 10.3 Å². The van der Waals surface area contributed by atoms with Gasteiger partial charge in [0, 0.05) is 24.2 Å². The van der Waals surface area contributed by atoms with Crippen LogP contribution in [0.25, 0.3) is 6.08 Å². The average Bonchev–Trinajstić information content (AvgIpc) is 2.45. The smallest absolute Gasteiger partial charge is 0.328 e. The molecule has 1 aromatic carbocycles. The Morgan fingerprint density at radius 2 is 2.05 bits per heavy atom. The lowest BCUT2D eigenvalue weighted by Gasteiger charge is -2.06. The van der Waals surface area contributed by atoms with E-state index in [1.807, 2.05) is 6.92 Å². The van der Waals surface area contributed by atoms with Crippen LogP contribution in [0, 0.1) is 6.92 Å². The number of hydrogen-bond acceptors (Lipinski definition) is 3. The topological polar surface area (TPSA) is 79.3 Å². The van der Waals surface area contributed by atoms with Crippen molar-refractivity contribution in [2.45, 2.75) is 6.92 Å². The van der Waals surface area contributed by atoms with Gasteiger partial charge in [-0.15, -0.1) is 0 Å². The van der Waals surface area contributed by atoms with Gasteiger partial charge in [0.05, 0.1) is 5.56 Å².